The van der Waals surface area contributed by atoms with Crippen molar-refractivity contribution in [1.29, 1.82) is 0 Å². The van der Waals surface area contributed by atoms with Gasteiger partial charge in [0.2, 0.25) is 0 Å². The summed E-state index contributed by atoms with van der Waals surface area (Å²) in [5.74, 6) is 0.0472. The Balaban J connectivity index is 2.04. The number of thioether (sulfide) groups is 1. The van der Waals surface area contributed by atoms with E-state index in [1.807, 2.05) is 18.2 Å². The van der Waals surface area contributed by atoms with Crippen LogP contribution in [-0.2, 0) is 4.79 Å². The van der Waals surface area contributed by atoms with Gasteiger partial charge in [-0.15, -0.1) is 11.8 Å². The number of hydrogen-bond donors (Lipinski definition) is 1. The van der Waals surface area contributed by atoms with E-state index in [-0.39, 0.29) is 16.6 Å². The minimum atomic E-state index is -0.654. The van der Waals surface area contributed by atoms with Crippen molar-refractivity contribution in [3.63, 3.8) is 0 Å². The number of rotatable bonds is 1. The highest BCUT2D eigenvalue weighted by Gasteiger charge is 2.54. The van der Waals surface area contributed by atoms with Crippen LogP contribution in [0.2, 0.25) is 0 Å². The van der Waals surface area contributed by atoms with E-state index >= 15 is 0 Å². The molecule has 3 unspecified atom stereocenters. The monoisotopic (exact) mass is 235 g/mol. The van der Waals surface area contributed by atoms with Crippen LogP contribution in [0.25, 0.3) is 0 Å². The molecule has 16 heavy (non-hydrogen) atoms. The van der Waals surface area contributed by atoms with Crippen molar-refractivity contribution in [2.45, 2.75) is 11.2 Å². The van der Waals surface area contributed by atoms with Crippen molar-refractivity contribution in [2.24, 2.45) is 16.8 Å². The Morgan fingerprint density at radius 1 is 1.56 bits per heavy atom. The molecule has 0 amide bonds. The summed E-state index contributed by atoms with van der Waals surface area (Å²) in [6.07, 6.45) is 9.08. The third-order valence-electron chi connectivity index (χ3n) is 3.69. The quantitative estimate of drug-likeness (QED) is 0.753. The molecule has 1 spiro atoms. The molecule has 0 aromatic carbocycles. The topological polar surface area (TPSA) is 49.7 Å². The second-order valence-electron chi connectivity index (χ2n) is 4.43. The normalized spacial score (nSPS) is 40.1. The Morgan fingerprint density at radius 2 is 2.44 bits per heavy atom. The van der Waals surface area contributed by atoms with Crippen LogP contribution in [0.1, 0.15) is 6.42 Å². The maximum absolute atomic E-state index is 11.2. The third-order valence-corrected chi connectivity index (χ3v) is 5.34. The highest BCUT2D eigenvalue weighted by Crippen LogP contribution is 2.52. The van der Waals surface area contributed by atoms with Crippen molar-refractivity contribution in [1.82, 2.24) is 0 Å². The van der Waals surface area contributed by atoms with E-state index in [1.54, 1.807) is 11.8 Å². The molecular weight excluding hydrogens is 222 g/mol. The summed E-state index contributed by atoms with van der Waals surface area (Å²) < 4.78 is -0.143. The summed E-state index contributed by atoms with van der Waals surface area (Å²) in [6.45, 7) is 0.768. The minimum absolute atomic E-state index is 0.143. The summed E-state index contributed by atoms with van der Waals surface area (Å²) in [4.78, 5) is 15.8. The molecule has 0 aromatic heterocycles. The number of hydrogen-bond acceptors (Lipinski definition) is 3. The standard InChI is InChI=1S/C12H13NO2S/c14-11(15)8-7-16-12-5-2-1-3-10(12)13-6-4-9(8)12/h1-3,5,8-9H,4,6-7H2,(H,14,15). The number of carboxylic acid groups (broad SMARTS) is 1. The van der Waals surface area contributed by atoms with Gasteiger partial charge in [-0.25, -0.2) is 0 Å². The lowest BCUT2D eigenvalue weighted by Gasteiger charge is -2.37. The van der Waals surface area contributed by atoms with Crippen LogP contribution < -0.4 is 0 Å². The fourth-order valence-corrected chi connectivity index (χ4v) is 4.69. The van der Waals surface area contributed by atoms with Crippen LogP contribution in [-0.4, -0.2) is 33.8 Å². The second kappa shape index (κ2) is 3.48. The first-order valence-electron chi connectivity index (χ1n) is 5.51. The van der Waals surface area contributed by atoms with Crippen molar-refractivity contribution in [3.8, 4) is 0 Å². The van der Waals surface area contributed by atoms with Gasteiger partial charge in [0.05, 0.1) is 16.4 Å². The van der Waals surface area contributed by atoms with E-state index in [0.717, 1.165) is 18.7 Å². The Labute approximate surface area is 98.3 Å². The summed E-state index contributed by atoms with van der Waals surface area (Å²) in [7, 11) is 0. The van der Waals surface area contributed by atoms with Gasteiger partial charge in [-0.3, -0.25) is 9.79 Å². The van der Waals surface area contributed by atoms with Gasteiger partial charge in [0.25, 0.3) is 0 Å². The summed E-state index contributed by atoms with van der Waals surface area (Å²) in [6, 6.07) is 0. The van der Waals surface area contributed by atoms with Gasteiger partial charge < -0.3 is 5.11 Å². The van der Waals surface area contributed by atoms with Crippen molar-refractivity contribution >= 4 is 23.4 Å². The van der Waals surface area contributed by atoms with Gasteiger partial charge in [-0.05, 0) is 18.4 Å². The average Bonchev–Trinajstić information content (AvgIpc) is 2.66. The van der Waals surface area contributed by atoms with Crippen molar-refractivity contribution < 1.29 is 9.90 Å². The number of aliphatic carboxylic acids is 1. The molecule has 0 saturated carbocycles. The van der Waals surface area contributed by atoms with Crippen molar-refractivity contribution in [2.75, 3.05) is 12.3 Å². The van der Waals surface area contributed by atoms with E-state index < -0.39 is 5.97 Å². The molecule has 1 N–H and O–H groups in total. The molecule has 2 heterocycles. The molecule has 0 radical (unpaired) electrons. The van der Waals surface area contributed by atoms with Crippen LogP contribution in [0.5, 0.6) is 0 Å². The van der Waals surface area contributed by atoms with Gasteiger partial charge in [0.15, 0.2) is 0 Å². The zero-order valence-corrected chi connectivity index (χ0v) is 9.61. The zero-order valence-electron chi connectivity index (χ0n) is 8.80. The lowest BCUT2D eigenvalue weighted by atomic mass is 9.74. The van der Waals surface area contributed by atoms with Crippen molar-refractivity contribution in [3.05, 3.63) is 24.3 Å². The maximum Gasteiger partial charge on any atom is 0.307 e. The number of carbonyl (C=O) groups is 1. The highest BCUT2D eigenvalue weighted by molar-refractivity contribution is 8.02. The van der Waals surface area contributed by atoms with Crippen LogP contribution in [0, 0.1) is 11.8 Å². The molecule has 1 saturated heterocycles. The molecule has 0 bridgehead atoms. The van der Waals surface area contributed by atoms with Gasteiger partial charge in [-0.2, -0.15) is 0 Å². The fraction of sp³-hybridized carbons (Fsp3) is 0.500. The smallest absolute Gasteiger partial charge is 0.307 e. The molecule has 3 atom stereocenters. The molecule has 0 aromatic rings. The molecule has 1 fully saturated rings. The second-order valence-corrected chi connectivity index (χ2v) is 5.73. The molecule has 4 heteroatoms. The molecule has 84 valence electrons. The predicted octanol–water partition coefficient (Wildman–Crippen LogP) is 1.76. The van der Waals surface area contributed by atoms with E-state index in [0.29, 0.717) is 5.75 Å². The van der Waals surface area contributed by atoms with E-state index in [9.17, 15) is 9.90 Å². The van der Waals surface area contributed by atoms with Crippen LogP contribution in [0.15, 0.2) is 29.3 Å². The van der Waals surface area contributed by atoms with E-state index in [4.69, 9.17) is 0 Å². The number of allylic oxidation sites excluding steroid dienone is 3. The number of nitrogens with zero attached hydrogens (tertiary/aromatic N) is 1. The molecule has 3 aliphatic rings. The lowest BCUT2D eigenvalue weighted by molar-refractivity contribution is -0.142. The summed E-state index contributed by atoms with van der Waals surface area (Å²) in [5.41, 5.74) is 1.07. The number of aliphatic imine (C=N–C) groups is 1. The highest BCUT2D eigenvalue weighted by atomic mass is 32.2. The summed E-state index contributed by atoms with van der Waals surface area (Å²) in [5, 5.41) is 9.24. The zero-order chi connectivity index (χ0) is 11.2. The lowest BCUT2D eigenvalue weighted by Crippen LogP contribution is -2.44. The molecule has 3 rings (SSSR count). The van der Waals surface area contributed by atoms with E-state index in [1.165, 1.54) is 0 Å². The fourth-order valence-electron chi connectivity index (χ4n) is 2.91. The van der Waals surface area contributed by atoms with Gasteiger partial charge >= 0.3 is 5.97 Å². The van der Waals surface area contributed by atoms with Gasteiger partial charge in [0.1, 0.15) is 0 Å². The first-order valence-corrected chi connectivity index (χ1v) is 6.50. The Morgan fingerprint density at radius 3 is 3.25 bits per heavy atom. The first-order chi connectivity index (χ1) is 7.74. The minimum Gasteiger partial charge on any atom is -0.481 e. The van der Waals surface area contributed by atoms with E-state index in [2.05, 4.69) is 11.1 Å². The summed E-state index contributed by atoms with van der Waals surface area (Å²) >= 11 is 1.74. The largest absolute Gasteiger partial charge is 0.481 e. The average molecular weight is 235 g/mol. The van der Waals surface area contributed by atoms with Gasteiger partial charge in [-0.1, -0.05) is 18.2 Å². The third kappa shape index (κ3) is 1.22. The van der Waals surface area contributed by atoms with Crippen LogP contribution in [0.4, 0.5) is 0 Å². The first kappa shape index (κ1) is 10.1. The predicted molar refractivity (Wildman–Crippen MR) is 65.0 cm³/mol. The number of carboxylic acids is 1. The maximum atomic E-state index is 11.2. The van der Waals surface area contributed by atoms with Crippen LogP contribution >= 0.6 is 11.8 Å². The molecule has 2 aliphatic heterocycles. The SMILES string of the molecule is O=C(O)C1CSC23C=CC=CC2=NCCC13. The molecule has 3 nitrogen and oxygen atoms in total. The van der Waals surface area contributed by atoms with Gasteiger partial charge in [0, 0.05) is 12.3 Å². The Kier molecular flexibility index (Phi) is 2.21. The molecular formula is C12H13NO2S. The molecule has 1 aliphatic carbocycles. The Hall–Kier alpha value is -1.03. The van der Waals surface area contributed by atoms with Crippen LogP contribution in [0.3, 0.4) is 0 Å². The Bertz CT molecular complexity index is 427.